The van der Waals surface area contributed by atoms with Gasteiger partial charge in [0.15, 0.2) is 5.96 Å². The van der Waals surface area contributed by atoms with Crippen molar-refractivity contribution in [3.05, 3.63) is 30.3 Å². The first-order chi connectivity index (χ1) is 12.2. The fourth-order valence-corrected chi connectivity index (χ4v) is 2.91. The fourth-order valence-electron chi connectivity index (χ4n) is 2.91. The summed E-state index contributed by atoms with van der Waals surface area (Å²) in [6.07, 6.45) is 2.46. The van der Waals surface area contributed by atoms with E-state index in [2.05, 4.69) is 20.9 Å². The van der Waals surface area contributed by atoms with E-state index in [0.29, 0.717) is 32.0 Å². The molecule has 0 radical (unpaired) electrons. The largest absolute Gasteiger partial charge is 0.355 e. The Kier molecular flexibility index (Phi) is 5.53. The number of rotatable bonds is 6. The van der Waals surface area contributed by atoms with Crippen LogP contribution >= 0.6 is 0 Å². The predicted octanol–water partition coefficient (Wildman–Crippen LogP) is 0.483. The molecule has 134 valence electrons. The van der Waals surface area contributed by atoms with Crippen LogP contribution < -0.4 is 20.9 Å². The van der Waals surface area contributed by atoms with Crippen molar-refractivity contribution < 1.29 is 9.59 Å². The van der Waals surface area contributed by atoms with Gasteiger partial charge in [-0.1, -0.05) is 18.2 Å². The summed E-state index contributed by atoms with van der Waals surface area (Å²) in [7, 11) is 1.70. The number of hydrogen-bond acceptors (Lipinski definition) is 3. The molecule has 1 unspecified atom stereocenters. The van der Waals surface area contributed by atoms with E-state index in [-0.39, 0.29) is 23.8 Å². The van der Waals surface area contributed by atoms with Crippen LogP contribution in [-0.4, -0.2) is 50.5 Å². The molecule has 25 heavy (non-hydrogen) atoms. The van der Waals surface area contributed by atoms with Crippen molar-refractivity contribution in [1.29, 1.82) is 0 Å². The van der Waals surface area contributed by atoms with Crippen molar-refractivity contribution in [2.45, 2.75) is 25.3 Å². The van der Waals surface area contributed by atoms with E-state index in [1.807, 2.05) is 30.3 Å². The number of nitrogens with zero attached hydrogens (tertiary/aromatic N) is 2. The van der Waals surface area contributed by atoms with Gasteiger partial charge in [0.2, 0.25) is 11.8 Å². The number of amides is 2. The minimum Gasteiger partial charge on any atom is -0.355 e. The Hall–Kier alpha value is -2.57. The van der Waals surface area contributed by atoms with E-state index >= 15 is 0 Å². The maximum absolute atomic E-state index is 12.2. The number of hydrogen-bond donors (Lipinski definition) is 3. The normalized spacial score (nSPS) is 20.5. The average Bonchev–Trinajstić information content (AvgIpc) is 3.41. The maximum atomic E-state index is 12.2. The summed E-state index contributed by atoms with van der Waals surface area (Å²) < 4.78 is 0. The lowest BCUT2D eigenvalue weighted by Gasteiger charge is -2.19. The van der Waals surface area contributed by atoms with E-state index in [4.69, 9.17) is 0 Å². The lowest BCUT2D eigenvalue weighted by molar-refractivity contribution is -0.122. The van der Waals surface area contributed by atoms with E-state index in [0.717, 1.165) is 18.5 Å². The molecule has 1 saturated heterocycles. The number of anilines is 1. The minimum atomic E-state index is 0.0139. The summed E-state index contributed by atoms with van der Waals surface area (Å²) in [5.41, 5.74) is 0.919. The molecule has 3 N–H and O–H groups in total. The Morgan fingerprint density at radius 1 is 1.20 bits per heavy atom. The van der Waals surface area contributed by atoms with Gasteiger partial charge in [-0.25, -0.2) is 0 Å². The highest BCUT2D eigenvalue weighted by molar-refractivity contribution is 5.97. The number of carbonyl (C=O) groups is 2. The van der Waals surface area contributed by atoms with Gasteiger partial charge in [0.05, 0.1) is 6.04 Å². The van der Waals surface area contributed by atoms with Gasteiger partial charge in [0.25, 0.3) is 0 Å². The molecule has 2 fully saturated rings. The first-order valence-electron chi connectivity index (χ1n) is 8.77. The third kappa shape index (κ3) is 4.71. The predicted molar refractivity (Wildman–Crippen MR) is 97.4 cm³/mol. The number of guanidine groups is 1. The van der Waals surface area contributed by atoms with Gasteiger partial charge >= 0.3 is 0 Å². The molecule has 0 bridgehead atoms. The van der Waals surface area contributed by atoms with Crippen molar-refractivity contribution in [3.63, 3.8) is 0 Å². The van der Waals surface area contributed by atoms with Crippen LogP contribution in [0.25, 0.3) is 0 Å². The summed E-state index contributed by atoms with van der Waals surface area (Å²) in [5, 5.41) is 9.36. The van der Waals surface area contributed by atoms with Crippen molar-refractivity contribution in [2.24, 2.45) is 10.9 Å². The summed E-state index contributed by atoms with van der Waals surface area (Å²) in [5.74, 6) is 1.12. The molecular formula is C18H25N5O2. The maximum Gasteiger partial charge on any atom is 0.229 e. The van der Waals surface area contributed by atoms with E-state index in [1.54, 1.807) is 11.9 Å². The van der Waals surface area contributed by atoms with Crippen LogP contribution in [0, 0.1) is 5.92 Å². The van der Waals surface area contributed by atoms with Crippen molar-refractivity contribution in [1.82, 2.24) is 16.0 Å². The Morgan fingerprint density at radius 3 is 2.60 bits per heavy atom. The molecule has 1 aromatic rings. The number of para-hydroxylation sites is 1. The zero-order valence-electron chi connectivity index (χ0n) is 14.5. The van der Waals surface area contributed by atoms with Gasteiger partial charge < -0.3 is 20.9 Å². The van der Waals surface area contributed by atoms with Gasteiger partial charge in [-0.15, -0.1) is 0 Å². The second-order valence-electron chi connectivity index (χ2n) is 6.45. The van der Waals surface area contributed by atoms with E-state index in [9.17, 15) is 9.59 Å². The number of nitrogens with one attached hydrogen (secondary N) is 3. The van der Waals surface area contributed by atoms with Crippen LogP contribution in [0.1, 0.15) is 19.3 Å². The average molecular weight is 343 g/mol. The van der Waals surface area contributed by atoms with E-state index < -0.39 is 0 Å². The molecule has 1 heterocycles. The quantitative estimate of drug-likeness (QED) is 0.398. The topological polar surface area (TPSA) is 85.8 Å². The van der Waals surface area contributed by atoms with Gasteiger partial charge in [-0.2, -0.15) is 0 Å². The summed E-state index contributed by atoms with van der Waals surface area (Å²) in [6.45, 7) is 1.78. The molecular weight excluding hydrogens is 318 g/mol. The Morgan fingerprint density at radius 2 is 1.92 bits per heavy atom. The second kappa shape index (κ2) is 8.00. The van der Waals surface area contributed by atoms with Crippen LogP contribution in [0.5, 0.6) is 0 Å². The molecule has 2 aliphatic rings. The van der Waals surface area contributed by atoms with Gasteiger partial charge in [-0.3, -0.25) is 14.6 Å². The summed E-state index contributed by atoms with van der Waals surface area (Å²) >= 11 is 0. The highest BCUT2D eigenvalue weighted by Crippen LogP contribution is 2.28. The molecule has 2 amide bonds. The number of carbonyl (C=O) groups excluding carboxylic acids is 2. The fraction of sp³-hybridized carbons (Fsp3) is 0.500. The van der Waals surface area contributed by atoms with Crippen molar-refractivity contribution in [2.75, 3.05) is 31.6 Å². The number of benzene rings is 1. The second-order valence-corrected chi connectivity index (χ2v) is 6.45. The summed E-state index contributed by atoms with van der Waals surface area (Å²) in [4.78, 5) is 29.8. The third-order valence-corrected chi connectivity index (χ3v) is 4.42. The standard InChI is InChI=1S/C18H25N5O2/c1-19-18(21-10-9-20-17(25)13-7-8-13)22-14-11-16(24)23(12-14)15-5-3-2-4-6-15/h2-6,13-14H,7-12H2,1H3,(H,20,25)(H2,19,21,22). The van der Waals surface area contributed by atoms with Crippen LogP contribution in [0.3, 0.4) is 0 Å². The molecule has 7 heteroatoms. The van der Waals surface area contributed by atoms with Crippen LogP contribution in [0.2, 0.25) is 0 Å². The zero-order chi connectivity index (χ0) is 17.6. The monoisotopic (exact) mass is 343 g/mol. The highest BCUT2D eigenvalue weighted by Gasteiger charge is 2.31. The van der Waals surface area contributed by atoms with Crippen LogP contribution in [0.4, 0.5) is 5.69 Å². The molecule has 3 rings (SSSR count). The Labute approximate surface area is 147 Å². The molecule has 1 aliphatic heterocycles. The highest BCUT2D eigenvalue weighted by atomic mass is 16.2. The van der Waals surface area contributed by atoms with E-state index in [1.165, 1.54) is 0 Å². The first kappa shape index (κ1) is 17.3. The molecule has 0 spiro atoms. The van der Waals surface area contributed by atoms with Crippen LogP contribution in [-0.2, 0) is 9.59 Å². The lowest BCUT2D eigenvalue weighted by Crippen LogP contribution is -2.46. The van der Waals surface area contributed by atoms with Gasteiger partial charge in [0.1, 0.15) is 0 Å². The van der Waals surface area contributed by atoms with Gasteiger partial charge in [0, 0.05) is 44.7 Å². The molecule has 0 aromatic heterocycles. The Balaban J connectivity index is 1.42. The first-order valence-corrected chi connectivity index (χ1v) is 8.77. The summed E-state index contributed by atoms with van der Waals surface area (Å²) in [6, 6.07) is 9.69. The molecule has 7 nitrogen and oxygen atoms in total. The molecule has 1 aliphatic carbocycles. The smallest absolute Gasteiger partial charge is 0.229 e. The minimum absolute atomic E-state index is 0.0139. The number of aliphatic imine (C=N–C) groups is 1. The van der Waals surface area contributed by atoms with Gasteiger partial charge in [-0.05, 0) is 25.0 Å². The van der Waals surface area contributed by atoms with Crippen molar-refractivity contribution >= 4 is 23.5 Å². The molecule has 1 atom stereocenters. The van der Waals surface area contributed by atoms with Crippen LogP contribution in [0.15, 0.2) is 35.3 Å². The zero-order valence-corrected chi connectivity index (χ0v) is 14.5. The third-order valence-electron chi connectivity index (χ3n) is 4.42. The lowest BCUT2D eigenvalue weighted by atomic mass is 10.2. The molecule has 1 aromatic carbocycles. The van der Waals surface area contributed by atoms with Crippen molar-refractivity contribution in [3.8, 4) is 0 Å². The SMILES string of the molecule is CN=C(NCCNC(=O)C1CC1)NC1CC(=O)N(c2ccccc2)C1. The molecule has 1 saturated carbocycles. The Bertz CT molecular complexity index is 642.